The Morgan fingerprint density at radius 3 is 2.29 bits per heavy atom. The molecule has 9 nitrogen and oxygen atoms in total. The monoisotopic (exact) mass is 298 g/mol. The number of phosphoric ester groups is 1. The third kappa shape index (κ3) is 4.64. The molecule has 4 unspecified atom stereocenters. The van der Waals surface area contributed by atoms with Crippen LogP contribution in [0.25, 0.3) is 0 Å². The largest absolute Gasteiger partial charge is 2.00 e. The van der Waals surface area contributed by atoms with Crippen molar-refractivity contribution in [3.63, 3.8) is 0 Å². The van der Waals surface area contributed by atoms with E-state index in [0.29, 0.717) is 0 Å². The Morgan fingerprint density at radius 1 is 1.41 bits per heavy atom. The Morgan fingerprint density at radius 2 is 1.94 bits per heavy atom. The maximum Gasteiger partial charge on any atom is 2.00 e. The average Bonchev–Trinajstić information content (AvgIpc) is 2.40. The molecule has 1 aliphatic heterocycles. The number of phosphoric acid groups is 1. The predicted molar refractivity (Wildman–Crippen MR) is 48.2 cm³/mol. The first kappa shape index (κ1) is 18.2. The van der Waals surface area contributed by atoms with Crippen molar-refractivity contribution in [1.29, 1.82) is 0 Å². The van der Waals surface area contributed by atoms with Gasteiger partial charge < -0.3 is 44.0 Å². The van der Waals surface area contributed by atoms with Crippen molar-refractivity contribution < 1.29 is 44.0 Å². The summed E-state index contributed by atoms with van der Waals surface area (Å²) in [4.78, 5) is 20.3. The van der Waals surface area contributed by atoms with E-state index in [9.17, 15) is 29.7 Å². The van der Waals surface area contributed by atoms with E-state index in [4.69, 9.17) is 5.11 Å². The minimum absolute atomic E-state index is 0. The number of hydrogen-bond donors (Lipinski definition) is 4. The first-order chi connectivity index (χ1) is 7.19. The maximum atomic E-state index is 10.1. The first-order valence-corrected chi connectivity index (χ1v) is 5.69. The fraction of sp³-hybridized carbons (Fsp3) is 1.00. The standard InChI is InChI=1S/C6H13O9P.Ca/c7-2-6(10)5(9)4(8)3(15-6)1-14-16(11,12)13;/h3-5,7-10H,1-2H2,(H2,11,12,13);/q;+2/p-2. The number of aliphatic hydroxyl groups is 4. The third-order valence-electron chi connectivity index (χ3n) is 2.15. The van der Waals surface area contributed by atoms with Gasteiger partial charge in [-0.05, 0) is 0 Å². The summed E-state index contributed by atoms with van der Waals surface area (Å²) in [5.41, 5.74) is 0. The van der Waals surface area contributed by atoms with Crippen LogP contribution >= 0.6 is 7.82 Å². The zero-order valence-corrected chi connectivity index (χ0v) is 11.7. The molecule has 0 saturated carbocycles. The molecular weight excluding hydrogens is 287 g/mol. The van der Waals surface area contributed by atoms with E-state index in [1.165, 1.54) is 0 Å². The van der Waals surface area contributed by atoms with E-state index >= 15 is 0 Å². The van der Waals surface area contributed by atoms with Crippen molar-refractivity contribution in [3.8, 4) is 0 Å². The maximum absolute atomic E-state index is 10.1. The van der Waals surface area contributed by atoms with E-state index in [2.05, 4.69) is 9.26 Å². The molecule has 0 aromatic rings. The molecule has 0 spiro atoms. The van der Waals surface area contributed by atoms with E-state index in [1.54, 1.807) is 0 Å². The molecule has 0 amide bonds. The van der Waals surface area contributed by atoms with E-state index in [1.807, 2.05) is 0 Å². The van der Waals surface area contributed by atoms with Gasteiger partial charge in [-0.15, -0.1) is 0 Å². The molecule has 1 aliphatic rings. The number of rotatable bonds is 4. The molecule has 4 atom stereocenters. The Balaban J connectivity index is 0.00000256. The second-order valence-corrected chi connectivity index (χ2v) is 4.49. The van der Waals surface area contributed by atoms with Gasteiger partial charge in [-0.1, -0.05) is 0 Å². The van der Waals surface area contributed by atoms with Gasteiger partial charge >= 0.3 is 37.7 Å². The van der Waals surface area contributed by atoms with Gasteiger partial charge in [0.2, 0.25) is 5.79 Å². The van der Waals surface area contributed by atoms with Gasteiger partial charge in [-0.2, -0.15) is 0 Å². The first-order valence-electron chi connectivity index (χ1n) is 4.23. The van der Waals surface area contributed by atoms with Crippen LogP contribution in [0.1, 0.15) is 0 Å². The Bertz CT molecular complexity index is 295. The average molecular weight is 298 g/mol. The SMILES string of the molecule is O=P([O-])([O-])OCC1OC(O)(CO)C(O)C1O.[Ca+2]. The third-order valence-corrected chi connectivity index (χ3v) is 2.61. The number of hydrogen-bond acceptors (Lipinski definition) is 9. The summed E-state index contributed by atoms with van der Waals surface area (Å²) in [5.74, 6) is -2.40. The fourth-order valence-corrected chi connectivity index (χ4v) is 1.63. The van der Waals surface area contributed by atoms with Crippen molar-refractivity contribution in [2.24, 2.45) is 0 Å². The normalized spacial score (nSPS) is 37.9. The predicted octanol–water partition coefficient (Wildman–Crippen LogP) is -4.75. The smallest absolute Gasteiger partial charge is 0.790 e. The summed E-state index contributed by atoms with van der Waals surface area (Å²) >= 11 is 0. The molecule has 1 rings (SSSR count). The summed E-state index contributed by atoms with van der Waals surface area (Å²) in [6, 6.07) is 0. The van der Waals surface area contributed by atoms with Crippen LogP contribution < -0.4 is 9.79 Å². The van der Waals surface area contributed by atoms with E-state index < -0.39 is 45.1 Å². The van der Waals surface area contributed by atoms with E-state index in [0.717, 1.165) is 0 Å². The molecule has 0 bridgehead atoms. The molecule has 1 saturated heterocycles. The van der Waals surface area contributed by atoms with E-state index in [-0.39, 0.29) is 37.7 Å². The summed E-state index contributed by atoms with van der Waals surface area (Å²) in [6.45, 7) is -1.86. The zero-order valence-electron chi connectivity index (χ0n) is 8.63. The van der Waals surface area contributed by atoms with Gasteiger partial charge in [0.05, 0.1) is 21.0 Å². The van der Waals surface area contributed by atoms with Crippen molar-refractivity contribution in [2.45, 2.75) is 24.1 Å². The topological polar surface area (TPSA) is 163 Å². The van der Waals surface area contributed by atoms with Crippen molar-refractivity contribution >= 4 is 45.6 Å². The summed E-state index contributed by atoms with van der Waals surface area (Å²) in [5, 5.41) is 36.6. The van der Waals surface area contributed by atoms with Crippen LogP contribution in [0.5, 0.6) is 0 Å². The summed E-state index contributed by atoms with van der Waals surface area (Å²) in [6.07, 6.45) is -4.93. The quantitative estimate of drug-likeness (QED) is 0.295. The minimum atomic E-state index is -5.23. The second-order valence-electron chi connectivity index (χ2n) is 3.34. The molecule has 0 aromatic carbocycles. The Labute approximate surface area is 126 Å². The number of ether oxygens (including phenoxy) is 1. The van der Waals surface area contributed by atoms with Gasteiger partial charge in [0.1, 0.15) is 18.3 Å². The second kappa shape index (κ2) is 6.55. The molecule has 4 N–H and O–H groups in total. The van der Waals surface area contributed by atoms with Crippen molar-refractivity contribution in [2.75, 3.05) is 13.2 Å². The van der Waals surface area contributed by atoms with Gasteiger partial charge in [-0.25, -0.2) is 0 Å². The molecule has 0 aromatic heterocycles. The van der Waals surface area contributed by atoms with Crippen LogP contribution in [0.15, 0.2) is 0 Å². The molecule has 0 radical (unpaired) electrons. The molecule has 17 heavy (non-hydrogen) atoms. The molecule has 0 aliphatic carbocycles. The van der Waals surface area contributed by atoms with Crippen LogP contribution in [-0.2, 0) is 13.8 Å². The molecule has 96 valence electrons. The number of aliphatic hydroxyl groups excluding tert-OH is 3. The van der Waals surface area contributed by atoms with Crippen LogP contribution in [0.4, 0.5) is 0 Å². The Hall–Kier alpha value is 1.17. The zero-order chi connectivity index (χ0) is 12.6. The van der Waals surface area contributed by atoms with Crippen molar-refractivity contribution in [1.82, 2.24) is 0 Å². The van der Waals surface area contributed by atoms with Gasteiger partial charge in [-0.3, -0.25) is 0 Å². The Kier molecular flexibility index (Phi) is 7.01. The van der Waals surface area contributed by atoms with Crippen LogP contribution in [0, 0.1) is 0 Å². The van der Waals surface area contributed by atoms with Crippen LogP contribution in [0.2, 0.25) is 0 Å². The summed E-state index contributed by atoms with van der Waals surface area (Å²) < 4.78 is 18.6. The van der Waals surface area contributed by atoms with Crippen LogP contribution in [-0.4, -0.2) is 95.5 Å². The molecule has 1 fully saturated rings. The van der Waals surface area contributed by atoms with Gasteiger partial charge in [0.15, 0.2) is 0 Å². The molecule has 1 heterocycles. The summed E-state index contributed by atoms with van der Waals surface area (Å²) in [7, 11) is -5.23. The molecular formula is C6H11CaO9P. The van der Waals surface area contributed by atoms with Crippen molar-refractivity contribution in [3.05, 3.63) is 0 Å². The van der Waals surface area contributed by atoms with Gasteiger partial charge in [0.25, 0.3) is 0 Å². The fourth-order valence-electron chi connectivity index (χ4n) is 1.30. The van der Waals surface area contributed by atoms with Crippen LogP contribution in [0.3, 0.4) is 0 Å². The molecule has 11 heteroatoms. The minimum Gasteiger partial charge on any atom is -0.790 e. The van der Waals surface area contributed by atoms with Gasteiger partial charge in [0, 0.05) is 0 Å².